The SMILES string of the molecule is COc1cc(=O)[nH]cc1C(=O)N1C2CCC1CC(c1ccnn1C)C2. The second kappa shape index (κ2) is 6.06. The number of aromatic nitrogens is 3. The maximum absolute atomic E-state index is 13.1. The summed E-state index contributed by atoms with van der Waals surface area (Å²) in [6, 6.07) is 3.86. The second-order valence-electron chi connectivity index (χ2n) is 6.92. The number of ether oxygens (including phenoxy) is 1. The van der Waals surface area contributed by atoms with Crippen LogP contribution in [0.15, 0.2) is 29.3 Å². The lowest BCUT2D eigenvalue weighted by atomic mass is 9.87. The average Bonchev–Trinajstić information content (AvgIpc) is 3.14. The van der Waals surface area contributed by atoms with Crippen LogP contribution in [0.4, 0.5) is 0 Å². The number of H-pyrrole nitrogens is 1. The molecule has 2 unspecified atom stereocenters. The summed E-state index contributed by atoms with van der Waals surface area (Å²) >= 11 is 0. The highest BCUT2D eigenvalue weighted by molar-refractivity contribution is 5.97. The number of aromatic amines is 1. The minimum Gasteiger partial charge on any atom is -0.496 e. The van der Waals surface area contributed by atoms with Gasteiger partial charge in [0.25, 0.3) is 11.5 Å². The Morgan fingerprint density at radius 2 is 2.04 bits per heavy atom. The number of methoxy groups -OCH3 is 1. The van der Waals surface area contributed by atoms with Crippen LogP contribution in [0.5, 0.6) is 5.75 Å². The summed E-state index contributed by atoms with van der Waals surface area (Å²) in [7, 11) is 3.45. The van der Waals surface area contributed by atoms with E-state index >= 15 is 0 Å². The number of fused-ring (bicyclic) bond motifs is 2. The number of nitrogens with one attached hydrogen (secondary N) is 1. The molecule has 2 aliphatic heterocycles. The van der Waals surface area contributed by atoms with E-state index in [2.05, 4.69) is 16.1 Å². The summed E-state index contributed by atoms with van der Waals surface area (Å²) in [5.74, 6) is 0.720. The van der Waals surface area contributed by atoms with Gasteiger partial charge in [-0.3, -0.25) is 14.3 Å². The van der Waals surface area contributed by atoms with Crippen LogP contribution in [0.2, 0.25) is 0 Å². The molecular weight excluding hydrogens is 320 g/mol. The summed E-state index contributed by atoms with van der Waals surface area (Å²) in [5, 5.41) is 4.28. The lowest BCUT2D eigenvalue weighted by Gasteiger charge is -2.39. The first-order valence-electron chi connectivity index (χ1n) is 8.65. The Balaban J connectivity index is 1.60. The fraction of sp³-hybridized carbons (Fsp3) is 0.500. The largest absolute Gasteiger partial charge is 0.496 e. The highest BCUT2D eigenvalue weighted by atomic mass is 16.5. The molecule has 25 heavy (non-hydrogen) atoms. The number of aryl methyl sites for hydroxylation is 1. The van der Waals surface area contributed by atoms with Crippen LogP contribution >= 0.6 is 0 Å². The van der Waals surface area contributed by atoms with Gasteiger partial charge in [0.1, 0.15) is 5.75 Å². The fourth-order valence-corrected chi connectivity index (χ4v) is 4.46. The maximum Gasteiger partial charge on any atom is 0.259 e. The number of pyridine rings is 1. The predicted octanol–water partition coefficient (Wildman–Crippen LogP) is 1.67. The molecule has 4 rings (SSSR count). The van der Waals surface area contributed by atoms with Crippen molar-refractivity contribution >= 4 is 5.91 Å². The van der Waals surface area contributed by atoms with E-state index in [1.165, 1.54) is 25.1 Å². The third kappa shape index (κ3) is 2.63. The quantitative estimate of drug-likeness (QED) is 0.920. The van der Waals surface area contributed by atoms with Crippen LogP contribution in [-0.4, -0.2) is 44.8 Å². The molecule has 2 saturated heterocycles. The average molecular weight is 342 g/mol. The third-order valence-corrected chi connectivity index (χ3v) is 5.58. The Kier molecular flexibility index (Phi) is 3.86. The highest BCUT2D eigenvalue weighted by Crippen LogP contribution is 2.43. The number of rotatable bonds is 3. The summed E-state index contributed by atoms with van der Waals surface area (Å²) in [5.41, 5.74) is 1.40. The number of hydrogen-bond acceptors (Lipinski definition) is 4. The maximum atomic E-state index is 13.1. The molecule has 2 aromatic rings. The molecule has 7 nitrogen and oxygen atoms in total. The Hall–Kier alpha value is -2.57. The summed E-state index contributed by atoms with van der Waals surface area (Å²) < 4.78 is 7.18. The second-order valence-corrected chi connectivity index (χ2v) is 6.92. The summed E-state index contributed by atoms with van der Waals surface area (Å²) in [6.07, 6.45) is 7.25. The van der Waals surface area contributed by atoms with Crippen molar-refractivity contribution < 1.29 is 9.53 Å². The number of nitrogens with zero attached hydrogens (tertiary/aromatic N) is 3. The zero-order valence-corrected chi connectivity index (χ0v) is 14.4. The van der Waals surface area contributed by atoms with Gasteiger partial charge in [-0.25, -0.2) is 0 Å². The van der Waals surface area contributed by atoms with Crippen LogP contribution in [-0.2, 0) is 7.05 Å². The van der Waals surface area contributed by atoms with E-state index in [9.17, 15) is 9.59 Å². The van der Waals surface area contributed by atoms with Gasteiger partial charge in [0.05, 0.1) is 12.7 Å². The summed E-state index contributed by atoms with van der Waals surface area (Å²) in [6.45, 7) is 0. The fourth-order valence-electron chi connectivity index (χ4n) is 4.46. The molecular formula is C18H22N4O3. The van der Waals surface area contributed by atoms with Crippen LogP contribution in [0.25, 0.3) is 0 Å². The molecule has 0 spiro atoms. The number of carbonyl (C=O) groups excluding carboxylic acids is 1. The van der Waals surface area contributed by atoms with Crippen molar-refractivity contribution in [1.82, 2.24) is 19.7 Å². The van der Waals surface area contributed by atoms with Gasteiger partial charge >= 0.3 is 0 Å². The summed E-state index contributed by atoms with van der Waals surface area (Å²) in [4.78, 5) is 29.2. The topological polar surface area (TPSA) is 80.2 Å². The van der Waals surface area contributed by atoms with Crippen molar-refractivity contribution in [3.63, 3.8) is 0 Å². The standard InChI is InChI=1S/C18H22N4O3/c1-21-15(5-6-20-21)11-7-12-3-4-13(8-11)22(12)18(24)14-10-19-17(23)9-16(14)25-2/h5-6,9-13H,3-4,7-8H2,1-2H3,(H,19,23). The normalized spacial score (nSPS) is 25.2. The highest BCUT2D eigenvalue weighted by Gasteiger charge is 2.44. The molecule has 1 N–H and O–H groups in total. The first-order valence-corrected chi connectivity index (χ1v) is 8.65. The molecule has 2 aliphatic rings. The molecule has 0 radical (unpaired) electrons. The van der Waals surface area contributed by atoms with E-state index in [0.717, 1.165) is 25.7 Å². The predicted molar refractivity (Wildman–Crippen MR) is 91.8 cm³/mol. The molecule has 2 atom stereocenters. The molecule has 2 bridgehead atoms. The molecule has 0 aromatic carbocycles. The van der Waals surface area contributed by atoms with Gasteiger partial charge in [0.15, 0.2) is 0 Å². The minimum atomic E-state index is -0.272. The number of amides is 1. The smallest absolute Gasteiger partial charge is 0.259 e. The molecule has 2 aromatic heterocycles. The van der Waals surface area contributed by atoms with E-state index in [0.29, 0.717) is 17.2 Å². The van der Waals surface area contributed by atoms with Crippen molar-refractivity contribution in [2.75, 3.05) is 7.11 Å². The zero-order chi connectivity index (χ0) is 17.6. The van der Waals surface area contributed by atoms with Crippen LogP contribution in [0.1, 0.15) is 47.7 Å². The minimum absolute atomic E-state index is 0.0518. The lowest BCUT2D eigenvalue weighted by molar-refractivity contribution is 0.0564. The van der Waals surface area contributed by atoms with E-state index in [1.54, 1.807) is 0 Å². The Morgan fingerprint density at radius 3 is 2.64 bits per heavy atom. The first kappa shape index (κ1) is 15.9. The Morgan fingerprint density at radius 1 is 1.32 bits per heavy atom. The number of carbonyl (C=O) groups is 1. The van der Waals surface area contributed by atoms with E-state index in [-0.39, 0.29) is 23.6 Å². The molecule has 132 valence electrons. The van der Waals surface area contributed by atoms with Crippen LogP contribution in [0, 0.1) is 0 Å². The monoisotopic (exact) mass is 342 g/mol. The number of hydrogen-bond donors (Lipinski definition) is 1. The van der Waals surface area contributed by atoms with Gasteiger partial charge in [-0.05, 0) is 31.7 Å². The van der Waals surface area contributed by atoms with Gasteiger partial charge in [-0.2, -0.15) is 5.10 Å². The van der Waals surface area contributed by atoms with Crippen molar-refractivity contribution in [3.8, 4) is 5.75 Å². The van der Waals surface area contributed by atoms with Crippen molar-refractivity contribution in [1.29, 1.82) is 0 Å². The van der Waals surface area contributed by atoms with Crippen molar-refractivity contribution in [3.05, 3.63) is 46.1 Å². The van der Waals surface area contributed by atoms with E-state index in [4.69, 9.17) is 4.74 Å². The van der Waals surface area contributed by atoms with Crippen molar-refractivity contribution in [2.24, 2.45) is 7.05 Å². The molecule has 0 saturated carbocycles. The van der Waals surface area contributed by atoms with Gasteiger partial charge < -0.3 is 14.6 Å². The Labute approximate surface area is 145 Å². The van der Waals surface area contributed by atoms with Gasteiger partial charge in [0, 0.05) is 49.2 Å². The third-order valence-electron chi connectivity index (χ3n) is 5.58. The van der Waals surface area contributed by atoms with Gasteiger partial charge in [0.2, 0.25) is 0 Å². The molecule has 4 heterocycles. The number of piperidine rings is 1. The van der Waals surface area contributed by atoms with E-state index < -0.39 is 0 Å². The van der Waals surface area contributed by atoms with Gasteiger partial charge in [-0.15, -0.1) is 0 Å². The Bertz CT molecular complexity index is 842. The van der Waals surface area contributed by atoms with Crippen molar-refractivity contribution in [2.45, 2.75) is 43.7 Å². The molecule has 1 amide bonds. The lowest BCUT2D eigenvalue weighted by Crippen LogP contribution is -2.46. The van der Waals surface area contributed by atoms with Gasteiger partial charge in [-0.1, -0.05) is 0 Å². The molecule has 7 heteroatoms. The molecule has 0 aliphatic carbocycles. The van der Waals surface area contributed by atoms with Crippen LogP contribution in [0.3, 0.4) is 0 Å². The zero-order valence-electron chi connectivity index (χ0n) is 14.4. The van der Waals surface area contributed by atoms with Crippen LogP contribution < -0.4 is 10.3 Å². The van der Waals surface area contributed by atoms with E-state index in [1.807, 2.05) is 22.8 Å². The first-order chi connectivity index (χ1) is 12.1. The molecule has 2 fully saturated rings.